The van der Waals surface area contributed by atoms with E-state index in [0.717, 1.165) is 29.3 Å². The Morgan fingerprint density at radius 3 is 2.27 bits per heavy atom. The lowest BCUT2D eigenvalue weighted by molar-refractivity contribution is -0.00566. The molecule has 26 heavy (non-hydrogen) atoms. The molecule has 138 valence electrons. The highest BCUT2D eigenvalue weighted by Crippen LogP contribution is 2.33. The van der Waals surface area contributed by atoms with E-state index in [4.69, 9.17) is 0 Å². The maximum absolute atomic E-state index is 13.2. The number of hydrogen-bond donors (Lipinski definition) is 2. The lowest BCUT2D eigenvalue weighted by Gasteiger charge is -2.07. The first kappa shape index (κ1) is 19.7. The average molecular weight is 384 g/mol. The number of nitrogens with one attached hydrogen (secondary N) is 2. The Morgan fingerprint density at radius 2 is 1.62 bits per heavy atom. The van der Waals surface area contributed by atoms with Crippen molar-refractivity contribution in [2.24, 2.45) is 0 Å². The summed E-state index contributed by atoms with van der Waals surface area (Å²) in [4.78, 5) is 7.23. The second-order valence-corrected chi connectivity index (χ2v) is 5.68. The first-order chi connectivity index (χ1) is 12.6. The van der Waals surface area contributed by atoms with Crippen LogP contribution in [0.4, 0.5) is 23.4 Å². The van der Waals surface area contributed by atoms with Gasteiger partial charge >= 0.3 is 0 Å². The van der Waals surface area contributed by atoms with Gasteiger partial charge < -0.3 is 9.71 Å². The predicted octanol–water partition coefficient (Wildman–Crippen LogP) is 6.51. The molecule has 0 bridgehead atoms. The first-order valence-electron chi connectivity index (χ1n) is 7.71. The minimum atomic E-state index is -1.21. The van der Waals surface area contributed by atoms with E-state index >= 15 is 0 Å². The van der Waals surface area contributed by atoms with Crippen LogP contribution >= 0.6 is 11.9 Å². The molecular formula is C18H16F4N2OS. The van der Waals surface area contributed by atoms with Crippen LogP contribution in [0.3, 0.4) is 0 Å². The molecule has 0 aliphatic rings. The van der Waals surface area contributed by atoms with E-state index in [-0.39, 0.29) is 11.5 Å². The smallest absolute Gasteiger partial charge is 0.198 e. The van der Waals surface area contributed by atoms with Gasteiger partial charge in [0.2, 0.25) is 0 Å². The monoisotopic (exact) mass is 384 g/mol. The molecule has 1 heterocycles. The van der Waals surface area contributed by atoms with Crippen LogP contribution in [0.15, 0.2) is 53.6 Å². The molecule has 0 saturated carbocycles. The van der Waals surface area contributed by atoms with E-state index in [1.54, 1.807) is 24.4 Å². The van der Waals surface area contributed by atoms with Gasteiger partial charge in [-0.2, -0.15) is 0 Å². The summed E-state index contributed by atoms with van der Waals surface area (Å²) in [6, 6.07) is 9.09. The van der Waals surface area contributed by atoms with Gasteiger partial charge in [-0.1, -0.05) is 13.8 Å². The van der Waals surface area contributed by atoms with Gasteiger partial charge in [0.05, 0.1) is 5.69 Å². The van der Waals surface area contributed by atoms with E-state index in [9.17, 15) is 17.7 Å². The zero-order chi connectivity index (χ0) is 19.1. The summed E-state index contributed by atoms with van der Waals surface area (Å²) in [5.74, 6) is -3.13. The number of hydrogen-bond acceptors (Lipinski definition) is 3. The summed E-state index contributed by atoms with van der Waals surface area (Å²) in [5.41, 5.74) is 1.47. The number of halogens is 4. The fourth-order valence-corrected chi connectivity index (χ4v) is 2.70. The summed E-state index contributed by atoms with van der Waals surface area (Å²) in [6.45, 7) is 4.00. The van der Waals surface area contributed by atoms with Crippen molar-refractivity contribution in [3.8, 4) is 17.0 Å². The minimum absolute atomic E-state index is 0.0501. The molecule has 0 atom stereocenters. The Bertz CT molecular complexity index is 853. The molecule has 1 aromatic heterocycles. The van der Waals surface area contributed by atoms with Gasteiger partial charge in [0.15, 0.2) is 17.4 Å². The Morgan fingerprint density at radius 1 is 0.962 bits per heavy atom. The highest BCUT2D eigenvalue weighted by molar-refractivity contribution is 8.00. The van der Waals surface area contributed by atoms with Gasteiger partial charge in [-0.05, 0) is 47.8 Å². The van der Waals surface area contributed by atoms with E-state index in [1.165, 1.54) is 12.1 Å². The molecule has 0 spiro atoms. The zero-order valence-electron chi connectivity index (χ0n) is 13.9. The molecule has 0 unspecified atom stereocenters. The molecular weight excluding hydrogens is 368 g/mol. The molecule has 2 N–H and O–H groups in total. The minimum Gasteiger partial charge on any atom is -0.360 e. The molecule has 2 aromatic carbocycles. The van der Waals surface area contributed by atoms with E-state index in [2.05, 4.69) is 14.6 Å². The van der Waals surface area contributed by atoms with Crippen LogP contribution in [0, 0.1) is 17.5 Å². The van der Waals surface area contributed by atoms with E-state index in [1.807, 2.05) is 13.8 Å². The fourth-order valence-electron chi connectivity index (χ4n) is 2.02. The fraction of sp³-hybridized carbons (Fsp3) is 0.111. The summed E-state index contributed by atoms with van der Waals surface area (Å²) in [6.07, 6.45) is 1.66. The van der Waals surface area contributed by atoms with Crippen molar-refractivity contribution < 1.29 is 22.6 Å². The van der Waals surface area contributed by atoms with Crippen molar-refractivity contribution in [3.05, 3.63) is 66.1 Å². The summed E-state index contributed by atoms with van der Waals surface area (Å²) in [7, 11) is 0. The Kier molecular flexibility index (Phi) is 6.97. The Hall–Kier alpha value is -2.61. The summed E-state index contributed by atoms with van der Waals surface area (Å²) < 4.78 is 54.3. The van der Waals surface area contributed by atoms with Crippen molar-refractivity contribution in [3.63, 3.8) is 0 Å². The maximum Gasteiger partial charge on any atom is 0.198 e. The molecule has 0 aliphatic carbocycles. The van der Waals surface area contributed by atoms with Crippen molar-refractivity contribution >= 4 is 17.6 Å². The molecule has 3 nitrogen and oxygen atoms in total. The van der Waals surface area contributed by atoms with Crippen LogP contribution in [0.25, 0.3) is 11.3 Å². The lowest BCUT2D eigenvalue weighted by atomic mass is 10.1. The molecule has 0 amide bonds. The van der Waals surface area contributed by atoms with Gasteiger partial charge in [0, 0.05) is 33.4 Å². The molecule has 3 rings (SSSR count). The van der Waals surface area contributed by atoms with Crippen LogP contribution in [0.5, 0.6) is 5.75 Å². The zero-order valence-corrected chi connectivity index (χ0v) is 14.8. The largest absolute Gasteiger partial charge is 0.360 e. The van der Waals surface area contributed by atoms with Crippen molar-refractivity contribution in [1.82, 2.24) is 4.98 Å². The standard InChI is InChI=1S/C16H10F4N2OS.C2H6/c17-10-3-1-9(2-4-10)14-5-11(8-21-14)24-22-15-6-12(18)13(19)7-16(15)23-20;1-2/h1-8,21-22H;1-2H3. The highest BCUT2D eigenvalue weighted by Gasteiger charge is 2.13. The summed E-state index contributed by atoms with van der Waals surface area (Å²) >= 11 is 1.05. The normalized spacial score (nSPS) is 10.1. The van der Waals surface area contributed by atoms with E-state index < -0.39 is 17.4 Å². The molecule has 0 radical (unpaired) electrons. The molecule has 0 aliphatic heterocycles. The average Bonchev–Trinajstić information content (AvgIpc) is 3.13. The van der Waals surface area contributed by atoms with Crippen LogP contribution < -0.4 is 9.66 Å². The van der Waals surface area contributed by atoms with Crippen molar-refractivity contribution in [2.45, 2.75) is 18.7 Å². The number of rotatable bonds is 5. The topological polar surface area (TPSA) is 37.0 Å². The van der Waals surface area contributed by atoms with Crippen LogP contribution in [-0.2, 0) is 0 Å². The third kappa shape index (κ3) is 4.72. The molecule has 3 aromatic rings. The number of H-pyrrole nitrogens is 1. The van der Waals surface area contributed by atoms with Gasteiger partial charge in [-0.15, -0.1) is 0 Å². The van der Waals surface area contributed by atoms with Crippen molar-refractivity contribution in [2.75, 3.05) is 4.72 Å². The molecule has 8 heteroatoms. The highest BCUT2D eigenvalue weighted by atomic mass is 32.2. The second-order valence-electron chi connectivity index (χ2n) is 4.80. The van der Waals surface area contributed by atoms with Crippen LogP contribution in [-0.4, -0.2) is 4.98 Å². The lowest BCUT2D eigenvalue weighted by Crippen LogP contribution is -1.94. The quantitative estimate of drug-likeness (QED) is 0.389. The van der Waals surface area contributed by atoms with Crippen LogP contribution in [0.2, 0.25) is 0 Å². The Labute approximate surface area is 152 Å². The van der Waals surface area contributed by atoms with Gasteiger partial charge in [0.1, 0.15) is 5.82 Å². The molecule has 0 saturated heterocycles. The van der Waals surface area contributed by atoms with Gasteiger partial charge in [0.25, 0.3) is 0 Å². The Balaban J connectivity index is 0.00000117. The molecule has 0 fully saturated rings. The third-order valence-electron chi connectivity index (χ3n) is 3.20. The van der Waals surface area contributed by atoms with Gasteiger partial charge in [-0.25, -0.2) is 13.2 Å². The number of anilines is 1. The number of aromatic amines is 1. The summed E-state index contributed by atoms with van der Waals surface area (Å²) in [5, 5.41) is 0. The SMILES string of the molecule is CC.FOc1cc(F)c(F)cc1NSc1c[nH]c(-c2ccc(F)cc2)c1. The number of aromatic nitrogens is 1. The van der Waals surface area contributed by atoms with Gasteiger partial charge in [-0.3, -0.25) is 4.94 Å². The number of benzene rings is 2. The van der Waals surface area contributed by atoms with Crippen molar-refractivity contribution in [1.29, 1.82) is 0 Å². The second kappa shape index (κ2) is 9.19. The van der Waals surface area contributed by atoms with Crippen LogP contribution in [0.1, 0.15) is 13.8 Å². The predicted molar refractivity (Wildman–Crippen MR) is 95.1 cm³/mol. The third-order valence-corrected chi connectivity index (χ3v) is 3.99. The maximum atomic E-state index is 13.2. The first-order valence-corrected chi connectivity index (χ1v) is 8.53. The van der Waals surface area contributed by atoms with E-state index in [0.29, 0.717) is 11.0 Å².